The van der Waals surface area contributed by atoms with Gasteiger partial charge in [-0.1, -0.05) is 42.5 Å². The number of hydrogen-bond donors (Lipinski definition) is 1. The van der Waals surface area contributed by atoms with Crippen molar-refractivity contribution in [2.45, 2.75) is 26.8 Å². The highest BCUT2D eigenvalue weighted by atomic mass is 16.2. The fourth-order valence-corrected chi connectivity index (χ4v) is 3.65. The fraction of sp³-hybridized carbons (Fsp3) is 0.261. The minimum Gasteiger partial charge on any atom is -0.337 e. The number of hydrogen-bond acceptors (Lipinski definition) is 3. The number of nitrogens with zero attached hydrogens (tertiary/aromatic N) is 2. The molecule has 0 fully saturated rings. The summed E-state index contributed by atoms with van der Waals surface area (Å²) in [5, 5.41) is 3.86. The number of anilines is 1. The Kier molecular flexibility index (Phi) is 4.59. The molecule has 3 aromatic rings. The summed E-state index contributed by atoms with van der Waals surface area (Å²) in [4.78, 5) is 32.3. The summed E-state index contributed by atoms with van der Waals surface area (Å²) in [7, 11) is 0. The molecule has 0 unspecified atom stereocenters. The van der Waals surface area contributed by atoms with Gasteiger partial charge in [0.1, 0.15) is 5.41 Å². The SMILES string of the molecule is CC(C)(C(=O)Nc1cccc2cccnc12)C(=O)N1CCc2ccccc2C1. The van der Waals surface area contributed by atoms with Crippen LogP contribution in [0.15, 0.2) is 60.8 Å². The van der Waals surface area contributed by atoms with Gasteiger partial charge in [-0.15, -0.1) is 0 Å². The largest absolute Gasteiger partial charge is 0.337 e. The maximum atomic E-state index is 13.2. The molecule has 0 spiro atoms. The Balaban J connectivity index is 1.54. The van der Waals surface area contributed by atoms with Crippen molar-refractivity contribution in [3.63, 3.8) is 0 Å². The molecule has 0 saturated heterocycles. The van der Waals surface area contributed by atoms with Crippen molar-refractivity contribution in [2.75, 3.05) is 11.9 Å². The maximum Gasteiger partial charge on any atom is 0.239 e. The van der Waals surface area contributed by atoms with E-state index in [4.69, 9.17) is 0 Å². The highest BCUT2D eigenvalue weighted by Gasteiger charge is 2.40. The zero-order valence-electron chi connectivity index (χ0n) is 16.1. The summed E-state index contributed by atoms with van der Waals surface area (Å²) < 4.78 is 0. The third kappa shape index (κ3) is 3.24. The number of carbonyl (C=O) groups is 2. The van der Waals surface area contributed by atoms with Crippen molar-refractivity contribution in [2.24, 2.45) is 5.41 Å². The van der Waals surface area contributed by atoms with Crippen LogP contribution in [0.2, 0.25) is 0 Å². The number of pyridine rings is 1. The molecule has 0 bridgehead atoms. The van der Waals surface area contributed by atoms with Crippen LogP contribution < -0.4 is 5.32 Å². The molecule has 2 heterocycles. The minimum atomic E-state index is -1.18. The standard InChI is InChI=1S/C23H23N3O2/c1-23(2,22(28)26-14-12-16-7-3-4-8-18(16)15-26)21(27)25-19-11-5-9-17-10-6-13-24-20(17)19/h3-11,13H,12,14-15H2,1-2H3,(H,25,27). The molecular formula is C23H23N3O2. The van der Waals surface area contributed by atoms with Gasteiger partial charge in [0, 0.05) is 24.7 Å². The Labute approximate surface area is 164 Å². The second-order valence-electron chi connectivity index (χ2n) is 7.71. The molecule has 5 nitrogen and oxygen atoms in total. The van der Waals surface area contributed by atoms with Gasteiger partial charge < -0.3 is 10.2 Å². The highest BCUT2D eigenvalue weighted by molar-refractivity contribution is 6.12. The number of carbonyl (C=O) groups excluding carboxylic acids is 2. The van der Waals surface area contributed by atoms with E-state index in [1.807, 2.05) is 48.5 Å². The van der Waals surface area contributed by atoms with Crippen molar-refractivity contribution in [1.29, 1.82) is 0 Å². The summed E-state index contributed by atoms with van der Waals surface area (Å²) in [6, 6.07) is 17.6. The number of benzene rings is 2. The summed E-state index contributed by atoms with van der Waals surface area (Å²) in [6.07, 6.45) is 2.51. The van der Waals surface area contributed by atoms with Crippen molar-refractivity contribution in [1.82, 2.24) is 9.88 Å². The molecule has 1 aliphatic heterocycles. The molecular weight excluding hydrogens is 350 g/mol. The Morgan fingerprint density at radius 2 is 1.75 bits per heavy atom. The van der Waals surface area contributed by atoms with Crippen LogP contribution in [0, 0.1) is 5.41 Å². The molecule has 0 aliphatic carbocycles. The van der Waals surface area contributed by atoms with Crippen molar-refractivity contribution in [3.8, 4) is 0 Å². The fourth-order valence-electron chi connectivity index (χ4n) is 3.65. The minimum absolute atomic E-state index is 0.160. The van der Waals surface area contributed by atoms with E-state index >= 15 is 0 Å². The van der Waals surface area contributed by atoms with Gasteiger partial charge in [0.05, 0.1) is 11.2 Å². The van der Waals surface area contributed by atoms with Gasteiger partial charge in [-0.25, -0.2) is 0 Å². The van der Waals surface area contributed by atoms with Crippen LogP contribution in [0.1, 0.15) is 25.0 Å². The van der Waals surface area contributed by atoms with E-state index in [0.29, 0.717) is 24.3 Å². The van der Waals surface area contributed by atoms with Crippen LogP contribution in [0.4, 0.5) is 5.69 Å². The van der Waals surface area contributed by atoms with Gasteiger partial charge in [-0.3, -0.25) is 14.6 Å². The summed E-state index contributed by atoms with van der Waals surface area (Å²) in [5.41, 5.74) is 2.58. The van der Waals surface area contributed by atoms with E-state index in [-0.39, 0.29) is 11.8 Å². The monoisotopic (exact) mass is 373 g/mol. The number of fused-ring (bicyclic) bond motifs is 2. The van der Waals surface area contributed by atoms with E-state index in [2.05, 4.69) is 16.4 Å². The van der Waals surface area contributed by atoms with Gasteiger partial charge in [0.2, 0.25) is 11.8 Å². The third-order valence-electron chi connectivity index (χ3n) is 5.40. The van der Waals surface area contributed by atoms with Crippen LogP contribution in [0.3, 0.4) is 0 Å². The van der Waals surface area contributed by atoms with Crippen LogP contribution in [0.5, 0.6) is 0 Å². The second kappa shape index (κ2) is 7.08. The molecule has 0 saturated carbocycles. The summed E-state index contributed by atoms with van der Waals surface area (Å²) in [6.45, 7) is 4.54. The average Bonchev–Trinajstić information content (AvgIpc) is 2.73. The number of aromatic nitrogens is 1. The lowest BCUT2D eigenvalue weighted by molar-refractivity contribution is -0.147. The normalized spacial score (nSPS) is 13.9. The molecule has 1 aromatic heterocycles. The zero-order chi connectivity index (χ0) is 19.7. The number of para-hydroxylation sites is 1. The topological polar surface area (TPSA) is 62.3 Å². The van der Waals surface area contributed by atoms with Crippen LogP contribution >= 0.6 is 0 Å². The zero-order valence-corrected chi connectivity index (χ0v) is 16.1. The Hall–Kier alpha value is -3.21. The summed E-state index contributed by atoms with van der Waals surface area (Å²) >= 11 is 0. The summed E-state index contributed by atoms with van der Waals surface area (Å²) in [5.74, 6) is -0.484. The first kappa shape index (κ1) is 18.2. The Bertz CT molecular complexity index is 1050. The van der Waals surface area contributed by atoms with E-state index in [9.17, 15) is 9.59 Å². The molecule has 0 atom stereocenters. The Morgan fingerprint density at radius 3 is 2.57 bits per heavy atom. The van der Waals surface area contributed by atoms with Gasteiger partial charge >= 0.3 is 0 Å². The molecule has 1 N–H and O–H groups in total. The third-order valence-corrected chi connectivity index (χ3v) is 5.40. The second-order valence-corrected chi connectivity index (χ2v) is 7.71. The van der Waals surface area contributed by atoms with Crippen LogP contribution in [-0.4, -0.2) is 28.2 Å². The molecule has 1 aliphatic rings. The van der Waals surface area contributed by atoms with Gasteiger partial charge in [-0.2, -0.15) is 0 Å². The van der Waals surface area contributed by atoms with Crippen LogP contribution in [0.25, 0.3) is 10.9 Å². The van der Waals surface area contributed by atoms with E-state index in [1.54, 1.807) is 24.9 Å². The molecule has 4 rings (SSSR count). The molecule has 2 aromatic carbocycles. The van der Waals surface area contributed by atoms with Crippen LogP contribution in [-0.2, 0) is 22.6 Å². The first-order chi connectivity index (χ1) is 13.5. The average molecular weight is 373 g/mol. The molecule has 2 amide bonds. The van der Waals surface area contributed by atoms with E-state index in [0.717, 1.165) is 17.4 Å². The molecule has 0 radical (unpaired) electrons. The number of rotatable bonds is 3. The predicted octanol–water partition coefficient (Wildman–Crippen LogP) is 3.78. The first-order valence-corrected chi connectivity index (χ1v) is 9.48. The molecule has 5 heteroatoms. The van der Waals surface area contributed by atoms with E-state index < -0.39 is 5.41 Å². The van der Waals surface area contributed by atoms with Crippen molar-refractivity contribution < 1.29 is 9.59 Å². The van der Waals surface area contributed by atoms with E-state index in [1.165, 1.54) is 5.56 Å². The van der Waals surface area contributed by atoms with Crippen molar-refractivity contribution in [3.05, 3.63) is 71.9 Å². The lowest BCUT2D eigenvalue weighted by atomic mass is 9.88. The number of amides is 2. The van der Waals surface area contributed by atoms with Gasteiger partial charge in [0.15, 0.2) is 0 Å². The van der Waals surface area contributed by atoms with Gasteiger partial charge in [-0.05, 0) is 43.5 Å². The lowest BCUT2D eigenvalue weighted by Gasteiger charge is -2.34. The van der Waals surface area contributed by atoms with Crippen molar-refractivity contribution >= 4 is 28.4 Å². The molecule has 28 heavy (non-hydrogen) atoms. The number of nitrogens with one attached hydrogen (secondary N) is 1. The van der Waals surface area contributed by atoms with Gasteiger partial charge in [0.25, 0.3) is 0 Å². The lowest BCUT2D eigenvalue weighted by Crippen LogP contribution is -2.48. The highest BCUT2D eigenvalue weighted by Crippen LogP contribution is 2.28. The smallest absolute Gasteiger partial charge is 0.239 e. The predicted molar refractivity (Wildman–Crippen MR) is 110 cm³/mol. The molecule has 142 valence electrons. The Morgan fingerprint density at radius 1 is 1.00 bits per heavy atom. The first-order valence-electron chi connectivity index (χ1n) is 9.48. The maximum absolute atomic E-state index is 13.2. The quantitative estimate of drug-likeness (QED) is 0.711.